The number of rotatable bonds is 3. The number of halogens is 2. The van der Waals surface area contributed by atoms with Gasteiger partial charge in [0.1, 0.15) is 0 Å². The lowest BCUT2D eigenvalue weighted by Gasteiger charge is -2.17. The van der Waals surface area contributed by atoms with E-state index in [-0.39, 0.29) is 6.04 Å². The van der Waals surface area contributed by atoms with E-state index < -0.39 is 0 Å². The second-order valence-electron chi connectivity index (χ2n) is 3.25. The van der Waals surface area contributed by atoms with Gasteiger partial charge in [-0.25, -0.2) is 5.43 Å². The van der Waals surface area contributed by atoms with Gasteiger partial charge in [-0.2, -0.15) is 0 Å². The van der Waals surface area contributed by atoms with E-state index in [1.54, 1.807) is 11.3 Å². The first-order chi connectivity index (χ1) is 7.74. The molecule has 2 nitrogen and oxygen atoms in total. The molecule has 5 heteroatoms. The van der Waals surface area contributed by atoms with Crippen LogP contribution < -0.4 is 11.3 Å². The predicted molar refractivity (Wildman–Crippen MR) is 80.3 cm³/mol. The summed E-state index contributed by atoms with van der Waals surface area (Å²) in [6.07, 6.45) is 0. The smallest absolute Gasteiger partial charge is 0.0824 e. The summed E-state index contributed by atoms with van der Waals surface area (Å²) in [5, 5.41) is 2.06. The summed E-state index contributed by atoms with van der Waals surface area (Å²) < 4.78 is 2.31. The summed E-state index contributed by atoms with van der Waals surface area (Å²) in [4.78, 5) is 1.20. The van der Waals surface area contributed by atoms with Gasteiger partial charge in [-0.3, -0.25) is 5.84 Å². The maximum absolute atomic E-state index is 5.67. The Hall–Kier alpha value is 0.0500. The third-order valence-corrected chi connectivity index (χ3v) is 5.21. The SMILES string of the molecule is NNC(c1ccccc1I)c1sccc1Br. The molecular weight excluding hydrogens is 399 g/mol. The van der Waals surface area contributed by atoms with Crippen molar-refractivity contribution in [3.63, 3.8) is 0 Å². The maximum Gasteiger partial charge on any atom is 0.0824 e. The second kappa shape index (κ2) is 5.59. The predicted octanol–water partition coefficient (Wildman–Crippen LogP) is 3.67. The van der Waals surface area contributed by atoms with Crippen LogP contribution in [0.1, 0.15) is 16.5 Å². The van der Waals surface area contributed by atoms with Gasteiger partial charge in [-0.15, -0.1) is 11.3 Å². The number of hydrogen-bond donors (Lipinski definition) is 2. The standard InChI is InChI=1S/C11H10BrIN2S/c12-8-5-6-16-11(8)10(15-14)7-3-1-2-4-9(7)13/h1-6,10,15H,14H2. The van der Waals surface area contributed by atoms with Crippen LogP contribution in [0, 0.1) is 3.57 Å². The van der Waals surface area contributed by atoms with E-state index in [2.05, 4.69) is 61.5 Å². The van der Waals surface area contributed by atoms with Crippen LogP contribution in [0.4, 0.5) is 0 Å². The van der Waals surface area contributed by atoms with Crippen molar-refractivity contribution in [2.24, 2.45) is 5.84 Å². The van der Waals surface area contributed by atoms with Crippen molar-refractivity contribution < 1.29 is 0 Å². The molecule has 0 aliphatic carbocycles. The van der Waals surface area contributed by atoms with E-state index in [0.717, 1.165) is 4.47 Å². The molecule has 0 fully saturated rings. The Bertz CT molecular complexity index is 486. The molecule has 1 aromatic carbocycles. The fraction of sp³-hybridized carbons (Fsp3) is 0.0909. The molecule has 0 aliphatic rings. The molecule has 0 saturated heterocycles. The first-order valence-corrected chi connectivity index (χ1v) is 7.42. The van der Waals surface area contributed by atoms with Gasteiger partial charge in [0.25, 0.3) is 0 Å². The molecule has 0 spiro atoms. The van der Waals surface area contributed by atoms with Crippen LogP contribution in [0.25, 0.3) is 0 Å². The van der Waals surface area contributed by atoms with Gasteiger partial charge < -0.3 is 0 Å². The highest BCUT2D eigenvalue weighted by atomic mass is 127. The minimum atomic E-state index is 0.0440. The van der Waals surface area contributed by atoms with Gasteiger partial charge in [0.15, 0.2) is 0 Å². The third-order valence-electron chi connectivity index (χ3n) is 2.29. The Morgan fingerprint density at radius 2 is 2.06 bits per heavy atom. The lowest BCUT2D eigenvalue weighted by atomic mass is 10.1. The first kappa shape index (κ1) is 12.5. The number of thiophene rings is 1. The van der Waals surface area contributed by atoms with E-state index in [4.69, 9.17) is 5.84 Å². The van der Waals surface area contributed by atoms with Crippen LogP contribution in [0.5, 0.6) is 0 Å². The number of hydrazine groups is 1. The zero-order valence-electron chi connectivity index (χ0n) is 8.28. The van der Waals surface area contributed by atoms with Crippen molar-refractivity contribution in [3.05, 3.63) is 54.2 Å². The van der Waals surface area contributed by atoms with E-state index in [9.17, 15) is 0 Å². The summed E-state index contributed by atoms with van der Waals surface area (Å²) >= 11 is 7.56. The number of benzene rings is 1. The highest BCUT2D eigenvalue weighted by Crippen LogP contribution is 2.34. The minimum absolute atomic E-state index is 0.0440. The largest absolute Gasteiger partial charge is 0.271 e. The Labute approximate surface area is 120 Å². The van der Waals surface area contributed by atoms with Gasteiger partial charge >= 0.3 is 0 Å². The molecule has 1 atom stereocenters. The molecule has 1 heterocycles. The minimum Gasteiger partial charge on any atom is -0.271 e. The highest BCUT2D eigenvalue weighted by Gasteiger charge is 2.18. The molecule has 0 amide bonds. The Morgan fingerprint density at radius 3 is 2.62 bits per heavy atom. The molecule has 0 aliphatic heterocycles. The van der Waals surface area contributed by atoms with Crippen LogP contribution in [-0.4, -0.2) is 0 Å². The van der Waals surface area contributed by atoms with Gasteiger partial charge in [0, 0.05) is 12.9 Å². The average molecular weight is 409 g/mol. The second-order valence-corrected chi connectivity index (χ2v) is 6.22. The summed E-state index contributed by atoms with van der Waals surface area (Å²) in [5.74, 6) is 5.67. The molecule has 2 aromatic rings. The Kier molecular flexibility index (Phi) is 4.37. The molecule has 3 N–H and O–H groups in total. The monoisotopic (exact) mass is 408 g/mol. The molecule has 1 aromatic heterocycles. The van der Waals surface area contributed by atoms with Crippen molar-refractivity contribution in [2.45, 2.75) is 6.04 Å². The Morgan fingerprint density at radius 1 is 1.31 bits per heavy atom. The molecule has 84 valence electrons. The first-order valence-electron chi connectivity index (χ1n) is 4.67. The van der Waals surface area contributed by atoms with Gasteiger partial charge in [0.2, 0.25) is 0 Å². The summed E-state index contributed by atoms with van der Waals surface area (Å²) in [5.41, 5.74) is 4.08. The fourth-order valence-electron chi connectivity index (χ4n) is 1.53. The molecule has 0 saturated carbocycles. The molecule has 0 bridgehead atoms. The summed E-state index contributed by atoms with van der Waals surface area (Å²) in [6, 6.07) is 10.3. The van der Waals surface area contributed by atoms with Crippen molar-refractivity contribution in [1.29, 1.82) is 0 Å². The van der Waals surface area contributed by atoms with Crippen molar-refractivity contribution in [1.82, 2.24) is 5.43 Å². The van der Waals surface area contributed by atoms with E-state index >= 15 is 0 Å². The van der Waals surface area contributed by atoms with Crippen LogP contribution >= 0.6 is 49.9 Å². The normalized spacial score (nSPS) is 12.7. The van der Waals surface area contributed by atoms with Gasteiger partial charge in [-0.05, 0) is 61.6 Å². The summed E-state index contributed by atoms with van der Waals surface area (Å²) in [6.45, 7) is 0. The van der Waals surface area contributed by atoms with E-state index in [0.29, 0.717) is 0 Å². The zero-order chi connectivity index (χ0) is 11.5. The number of nitrogens with two attached hydrogens (primary N) is 1. The highest BCUT2D eigenvalue weighted by molar-refractivity contribution is 14.1. The number of nitrogens with one attached hydrogen (secondary N) is 1. The van der Waals surface area contributed by atoms with Crippen molar-refractivity contribution in [3.8, 4) is 0 Å². The van der Waals surface area contributed by atoms with Gasteiger partial charge in [-0.1, -0.05) is 18.2 Å². The maximum atomic E-state index is 5.67. The number of hydrogen-bond acceptors (Lipinski definition) is 3. The van der Waals surface area contributed by atoms with Gasteiger partial charge in [0.05, 0.1) is 6.04 Å². The van der Waals surface area contributed by atoms with Crippen LogP contribution in [0.15, 0.2) is 40.2 Å². The third kappa shape index (κ3) is 2.48. The quantitative estimate of drug-likeness (QED) is 0.462. The van der Waals surface area contributed by atoms with Crippen LogP contribution in [0.3, 0.4) is 0 Å². The van der Waals surface area contributed by atoms with Crippen LogP contribution in [-0.2, 0) is 0 Å². The lowest BCUT2D eigenvalue weighted by molar-refractivity contribution is 0.642. The van der Waals surface area contributed by atoms with Crippen molar-refractivity contribution in [2.75, 3.05) is 0 Å². The van der Waals surface area contributed by atoms with Crippen LogP contribution in [0.2, 0.25) is 0 Å². The topological polar surface area (TPSA) is 38.0 Å². The average Bonchev–Trinajstić information content (AvgIpc) is 2.69. The molecule has 1 unspecified atom stereocenters. The fourth-order valence-corrected chi connectivity index (χ4v) is 3.91. The molecule has 2 rings (SSSR count). The zero-order valence-corrected chi connectivity index (χ0v) is 12.8. The Balaban J connectivity index is 2.45. The van der Waals surface area contributed by atoms with E-state index in [1.165, 1.54) is 14.0 Å². The molecular formula is C11H10BrIN2S. The molecule has 16 heavy (non-hydrogen) atoms. The molecule has 0 radical (unpaired) electrons. The van der Waals surface area contributed by atoms with E-state index in [1.807, 2.05) is 18.2 Å². The van der Waals surface area contributed by atoms with Crippen molar-refractivity contribution >= 4 is 49.9 Å². The summed E-state index contributed by atoms with van der Waals surface area (Å²) in [7, 11) is 0. The lowest BCUT2D eigenvalue weighted by Crippen LogP contribution is -2.29.